The van der Waals surface area contributed by atoms with Crippen LogP contribution >= 0.6 is 12.4 Å². The predicted octanol–water partition coefficient (Wildman–Crippen LogP) is 2.44. The smallest absolute Gasteiger partial charge is 0.313 e. The molecule has 0 atom stereocenters. The molecule has 7 nitrogen and oxygen atoms in total. The number of carbonyl (C=O) groups excluding carboxylic acids is 2. The zero-order valence-electron chi connectivity index (χ0n) is 16.8. The van der Waals surface area contributed by atoms with Crippen LogP contribution in [0, 0.1) is 5.82 Å². The van der Waals surface area contributed by atoms with E-state index in [0.717, 1.165) is 25.9 Å². The lowest BCUT2D eigenvalue weighted by Gasteiger charge is -2.30. The third-order valence-corrected chi connectivity index (χ3v) is 5.41. The number of hydrogen-bond donors (Lipinski definition) is 1. The van der Waals surface area contributed by atoms with E-state index >= 15 is 0 Å². The summed E-state index contributed by atoms with van der Waals surface area (Å²) in [6, 6.07) is 3.12. The van der Waals surface area contributed by atoms with Gasteiger partial charge in [-0.3, -0.25) is 14.4 Å². The summed E-state index contributed by atoms with van der Waals surface area (Å²) in [5.41, 5.74) is 0.460. The first kappa shape index (κ1) is 22.2. The monoisotopic (exact) mass is 437 g/mol. The van der Waals surface area contributed by atoms with Gasteiger partial charge in [0.25, 0.3) is 0 Å². The molecule has 2 heterocycles. The van der Waals surface area contributed by atoms with Gasteiger partial charge in [0.05, 0.1) is 23.4 Å². The molecular formula is C21H25ClFN3O4. The van der Waals surface area contributed by atoms with Gasteiger partial charge in [0.15, 0.2) is 11.2 Å². The number of nitrogens with zero attached hydrogens (tertiary/aromatic N) is 2. The van der Waals surface area contributed by atoms with Gasteiger partial charge in [-0.1, -0.05) is 0 Å². The number of ketones is 1. The Kier molecular flexibility index (Phi) is 6.77. The van der Waals surface area contributed by atoms with Crippen LogP contribution in [0.1, 0.15) is 42.6 Å². The van der Waals surface area contributed by atoms with Crippen LogP contribution in [0.2, 0.25) is 0 Å². The first-order valence-electron chi connectivity index (χ1n) is 10.0. The van der Waals surface area contributed by atoms with Crippen molar-refractivity contribution in [2.75, 3.05) is 37.7 Å². The molecule has 1 aromatic heterocycles. The first-order chi connectivity index (χ1) is 14.0. The van der Waals surface area contributed by atoms with Gasteiger partial charge in [0, 0.05) is 43.8 Å². The van der Waals surface area contributed by atoms with Crippen molar-refractivity contribution in [2.45, 2.75) is 32.2 Å². The van der Waals surface area contributed by atoms with Crippen molar-refractivity contribution in [3.63, 3.8) is 0 Å². The second kappa shape index (κ2) is 9.14. The molecule has 1 aromatic carbocycles. The summed E-state index contributed by atoms with van der Waals surface area (Å²) in [5.74, 6) is -1.75. The Labute approximate surface area is 179 Å². The van der Waals surface area contributed by atoms with Crippen molar-refractivity contribution in [1.82, 2.24) is 9.88 Å². The molecule has 162 valence electrons. The van der Waals surface area contributed by atoms with Crippen LogP contribution in [0.25, 0.3) is 10.9 Å². The molecule has 4 rings (SSSR count). The average Bonchev–Trinajstić information content (AvgIpc) is 3.54. The number of piperazine rings is 1. The number of anilines is 1. The lowest BCUT2D eigenvalue weighted by molar-refractivity contribution is -0.141. The van der Waals surface area contributed by atoms with Crippen molar-refractivity contribution >= 4 is 40.7 Å². The third kappa shape index (κ3) is 4.34. The number of fused-ring (bicyclic) bond motifs is 1. The molecule has 30 heavy (non-hydrogen) atoms. The van der Waals surface area contributed by atoms with E-state index in [1.54, 1.807) is 13.0 Å². The molecule has 9 heteroatoms. The van der Waals surface area contributed by atoms with Gasteiger partial charge >= 0.3 is 5.97 Å². The van der Waals surface area contributed by atoms with E-state index in [0.29, 0.717) is 24.3 Å². The molecule has 0 amide bonds. The van der Waals surface area contributed by atoms with Crippen LogP contribution in [-0.4, -0.2) is 49.1 Å². The molecule has 0 bridgehead atoms. The fourth-order valence-electron chi connectivity index (χ4n) is 3.80. The maximum absolute atomic E-state index is 14.9. The fourth-order valence-corrected chi connectivity index (χ4v) is 3.80. The SMILES string of the molecule is CCOC(=O)CC(=O)c1cn(C2CC2)c2cc(N3CCNCC3)c(F)cc2c1=O.Cl. The summed E-state index contributed by atoms with van der Waals surface area (Å²) < 4.78 is 21.6. The Morgan fingerprint density at radius 2 is 1.93 bits per heavy atom. The molecule has 1 N–H and O–H groups in total. The molecule has 0 unspecified atom stereocenters. The minimum atomic E-state index is -0.671. The van der Waals surface area contributed by atoms with Gasteiger partial charge in [0.2, 0.25) is 0 Å². The summed E-state index contributed by atoms with van der Waals surface area (Å²) >= 11 is 0. The predicted molar refractivity (Wildman–Crippen MR) is 114 cm³/mol. The van der Waals surface area contributed by atoms with Crippen molar-refractivity contribution in [3.8, 4) is 0 Å². The maximum atomic E-state index is 14.9. The molecular weight excluding hydrogens is 413 g/mol. The van der Waals surface area contributed by atoms with E-state index in [9.17, 15) is 18.8 Å². The van der Waals surface area contributed by atoms with E-state index in [2.05, 4.69) is 5.32 Å². The minimum absolute atomic E-state index is 0. The van der Waals surface area contributed by atoms with Crippen LogP contribution in [0.15, 0.2) is 23.1 Å². The molecule has 1 saturated carbocycles. The second-order valence-electron chi connectivity index (χ2n) is 7.47. The summed E-state index contributed by atoms with van der Waals surface area (Å²) in [6.07, 6.45) is 2.90. The van der Waals surface area contributed by atoms with Gasteiger partial charge in [-0.05, 0) is 31.9 Å². The van der Waals surface area contributed by atoms with Crippen molar-refractivity contribution in [3.05, 3.63) is 39.9 Å². The molecule has 2 fully saturated rings. The number of hydrogen-bond acceptors (Lipinski definition) is 6. The van der Waals surface area contributed by atoms with Crippen LogP contribution in [0.4, 0.5) is 10.1 Å². The molecule has 1 aliphatic heterocycles. The number of aromatic nitrogens is 1. The van der Waals surface area contributed by atoms with Gasteiger partial charge in [0.1, 0.15) is 12.2 Å². The van der Waals surface area contributed by atoms with Crippen molar-refractivity contribution in [1.29, 1.82) is 0 Å². The molecule has 1 saturated heterocycles. The summed E-state index contributed by atoms with van der Waals surface area (Å²) in [6.45, 7) is 4.73. The average molecular weight is 438 g/mol. The summed E-state index contributed by atoms with van der Waals surface area (Å²) in [7, 11) is 0. The van der Waals surface area contributed by atoms with Crippen LogP contribution in [0.3, 0.4) is 0 Å². The van der Waals surface area contributed by atoms with Gasteiger partial charge in [-0.15, -0.1) is 12.4 Å². The van der Waals surface area contributed by atoms with Crippen LogP contribution in [0.5, 0.6) is 0 Å². The normalized spacial score (nSPS) is 16.3. The number of nitrogens with one attached hydrogen (secondary N) is 1. The number of carbonyl (C=O) groups is 2. The van der Waals surface area contributed by atoms with Crippen LogP contribution < -0.4 is 15.6 Å². The van der Waals surface area contributed by atoms with Crippen molar-refractivity contribution < 1.29 is 18.7 Å². The fraction of sp³-hybridized carbons (Fsp3) is 0.476. The molecule has 2 aromatic rings. The zero-order valence-corrected chi connectivity index (χ0v) is 17.6. The zero-order chi connectivity index (χ0) is 20.5. The number of Topliss-reactive ketones (excluding diaryl/α,β-unsaturated/α-hetero) is 1. The highest BCUT2D eigenvalue weighted by atomic mass is 35.5. The number of pyridine rings is 1. The van der Waals surface area contributed by atoms with Gasteiger partial charge in [-0.25, -0.2) is 4.39 Å². The van der Waals surface area contributed by atoms with E-state index in [-0.39, 0.29) is 36.0 Å². The highest BCUT2D eigenvalue weighted by molar-refractivity contribution is 6.07. The van der Waals surface area contributed by atoms with Gasteiger partial charge in [-0.2, -0.15) is 0 Å². The Hall–Kier alpha value is -2.45. The maximum Gasteiger partial charge on any atom is 0.313 e. The largest absolute Gasteiger partial charge is 0.466 e. The number of benzene rings is 1. The number of rotatable bonds is 6. The lowest BCUT2D eigenvalue weighted by atomic mass is 10.0. The van der Waals surface area contributed by atoms with E-state index < -0.39 is 29.4 Å². The second-order valence-corrected chi connectivity index (χ2v) is 7.47. The summed E-state index contributed by atoms with van der Waals surface area (Å²) in [4.78, 5) is 39.2. The Bertz CT molecular complexity index is 1030. The molecule has 0 radical (unpaired) electrons. The van der Waals surface area contributed by atoms with E-state index in [1.807, 2.05) is 9.47 Å². The first-order valence-corrected chi connectivity index (χ1v) is 10.0. The quantitative estimate of drug-likeness (QED) is 0.425. The third-order valence-electron chi connectivity index (χ3n) is 5.41. The highest BCUT2D eigenvalue weighted by Gasteiger charge is 2.28. The number of ether oxygens (including phenoxy) is 1. The lowest BCUT2D eigenvalue weighted by Crippen LogP contribution is -2.43. The van der Waals surface area contributed by atoms with Crippen molar-refractivity contribution in [2.24, 2.45) is 0 Å². The Morgan fingerprint density at radius 1 is 1.23 bits per heavy atom. The Morgan fingerprint density at radius 3 is 2.57 bits per heavy atom. The number of esters is 1. The van der Waals surface area contributed by atoms with Gasteiger partial charge < -0.3 is 19.5 Å². The highest BCUT2D eigenvalue weighted by Crippen LogP contribution is 2.38. The topological polar surface area (TPSA) is 80.6 Å². The van der Waals surface area contributed by atoms with Crippen LogP contribution in [-0.2, 0) is 9.53 Å². The minimum Gasteiger partial charge on any atom is -0.466 e. The van der Waals surface area contributed by atoms with E-state index in [4.69, 9.17) is 4.74 Å². The summed E-state index contributed by atoms with van der Waals surface area (Å²) in [5, 5.41) is 3.41. The standard InChI is InChI=1S/C21H24FN3O4.ClH/c1-2-29-20(27)11-19(26)15-12-25(13-3-4-13)17-10-18(24-7-5-23-6-8-24)16(22)9-14(17)21(15)28;/h9-10,12-13,23H,2-8,11H2,1H3;1H. The Balaban J connectivity index is 0.00000256. The molecule has 2 aliphatic rings. The molecule has 0 spiro atoms. The number of halogens is 2. The molecule has 1 aliphatic carbocycles. The van der Waals surface area contributed by atoms with E-state index in [1.165, 1.54) is 12.3 Å².